The fraction of sp³-hybridized carbons (Fsp3) is 0.318. The lowest BCUT2D eigenvalue weighted by Gasteiger charge is -2.16. The lowest BCUT2D eigenvalue weighted by molar-refractivity contribution is -0.149. The van der Waals surface area contributed by atoms with E-state index in [1.165, 1.54) is 25.3 Å². The molecule has 0 saturated carbocycles. The van der Waals surface area contributed by atoms with Crippen molar-refractivity contribution in [2.45, 2.75) is 26.7 Å². The van der Waals surface area contributed by atoms with Crippen LogP contribution in [0.25, 0.3) is 0 Å². The van der Waals surface area contributed by atoms with Crippen LogP contribution in [0.5, 0.6) is 11.5 Å². The van der Waals surface area contributed by atoms with E-state index in [4.69, 9.17) is 14.2 Å². The van der Waals surface area contributed by atoms with Gasteiger partial charge in [-0.25, -0.2) is 4.79 Å². The Balaban J connectivity index is 1.89. The number of amides is 1. The van der Waals surface area contributed by atoms with Crippen molar-refractivity contribution in [2.24, 2.45) is 0 Å². The molecular formula is C22H25NO6. The fourth-order valence-electron chi connectivity index (χ4n) is 2.72. The number of carbonyl (C=O) groups is 3. The molecule has 29 heavy (non-hydrogen) atoms. The van der Waals surface area contributed by atoms with Crippen LogP contribution in [-0.4, -0.2) is 38.5 Å². The second-order valence-electron chi connectivity index (χ2n) is 6.72. The van der Waals surface area contributed by atoms with Crippen LogP contribution < -0.4 is 14.8 Å². The molecule has 2 aromatic carbocycles. The summed E-state index contributed by atoms with van der Waals surface area (Å²) in [6.45, 7) is 5.17. The Kier molecular flexibility index (Phi) is 7.77. The van der Waals surface area contributed by atoms with Crippen molar-refractivity contribution in [1.82, 2.24) is 0 Å². The zero-order valence-corrected chi connectivity index (χ0v) is 17.0. The number of benzene rings is 2. The van der Waals surface area contributed by atoms with Crippen molar-refractivity contribution in [1.29, 1.82) is 0 Å². The second-order valence-corrected chi connectivity index (χ2v) is 6.72. The number of methoxy groups -OCH3 is 1. The predicted molar refractivity (Wildman–Crippen MR) is 109 cm³/mol. The summed E-state index contributed by atoms with van der Waals surface area (Å²) in [5, 5.41) is 2.81. The molecule has 0 spiro atoms. The van der Waals surface area contributed by atoms with E-state index in [0.717, 1.165) is 16.8 Å². The summed E-state index contributed by atoms with van der Waals surface area (Å²) in [6.07, 6.45) is 0.679. The third kappa shape index (κ3) is 6.07. The van der Waals surface area contributed by atoms with Crippen LogP contribution in [0, 0.1) is 6.92 Å². The van der Waals surface area contributed by atoms with Gasteiger partial charge in [-0.05, 0) is 42.2 Å². The number of hydrogen-bond acceptors (Lipinski definition) is 6. The molecule has 7 nitrogen and oxygen atoms in total. The van der Waals surface area contributed by atoms with Gasteiger partial charge in [-0.1, -0.05) is 32.0 Å². The molecule has 0 aliphatic heterocycles. The summed E-state index contributed by atoms with van der Waals surface area (Å²) >= 11 is 0. The molecule has 1 amide bonds. The van der Waals surface area contributed by atoms with Gasteiger partial charge >= 0.3 is 5.97 Å². The molecule has 2 rings (SSSR count). The molecule has 0 bridgehead atoms. The molecule has 0 unspecified atom stereocenters. The predicted octanol–water partition coefficient (Wildman–Crippen LogP) is 3.50. The van der Waals surface area contributed by atoms with Gasteiger partial charge in [0.05, 0.1) is 7.11 Å². The molecule has 0 aliphatic rings. The fourth-order valence-corrected chi connectivity index (χ4v) is 2.72. The quantitative estimate of drug-likeness (QED) is 0.513. The molecule has 0 heterocycles. The van der Waals surface area contributed by atoms with Gasteiger partial charge in [-0.15, -0.1) is 0 Å². The van der Waals surface area contributed by atoms with Crippen molar-refractivity contribution >= 4 is 23.9 Å². The van der Waals surface area contributed by atoms with E-state index >= 15 is 0 Å². The number of para-hydroxylation sites is 1. The van der Waals surface area contributed by atoms with E-state index in [9.17, 15) is 14.4 Å². The highest BCUT2D eigenvalue weighted by Crippen LogP contribution is 2.28. The van der Waals surface area contributed by atoms with Gasteiger partial charge in [0.25, 0.3) is 5.91 Å². The monoisotopic (exact) mass is 399 g/mol. The van der Waals surface area contributed by atoms with Crippen molar-refractivity contribution in [3.05, 3.63) is 53.1 Å². The molecule has 0 saturated heterocycles. The van der Waals surface area contributed by atoms with E-state index in [1.54, 1.807) is 0 Å². The maximum atomic E-state index is 12.2. The Morgan fingerprint density at radius 1 is 1.10 bits per heavy atom. The van der Waals surface area contributed by atoms with Gasteiger partial charge in [0.2, 0.25) is 0 Å². The Labute approximate surface area is 170 Å². The summed E-state index contributed by atoms with van der Waals surface area (Å²) in [6, 6.07) is 10.4. The lowest BCUT2D eigenvalue weighted by atomic mass is 9.98. The number of esters is 1. The van der Waals surface area contributed by atoms with Crippen LogP contribution in [-0.2, 0) is 14.3 Å². The largest absolute Gasteiger partial charge is 0.493 e. The lowest BCUT2D eigenvalue weighted by Crippen LogP contribution is -2.24. The van der Waals surface area contributed by atoms with Crippen LogP contribution >= 0.6 is 0 Å². The van der Waals surface area contributed by atoms with Gasteiger partial charge in [-0.2, -0.15) is 0 Å². The highest BCUT2D eigenvalue weighted by molar-refractivity contribution is 5.94. The van der Waals surface area contributed by atoms with E-state index in [0.29, 0.717) is 23.3 Å². The Morgan fingerprint density at radius 3 is 2.52 bits per heavy atom. The molecule has 0 fully saturated rings. The summed E-state index contributed by atoms with van der Waals surface area (Å²) in [5.74, 6) is -0.276. The smallest absolute Gasteiger partial charge is 0.344 e. The summed E-state index contributed by atoms with van der Waals surface area (Å²) in [5.41, 5.74) is 3.11. The second kappa shape index (κ2) is 10.3. The maximum absolute atomic E-state index is 12.2. The molecule has 1 N–H and O–H groups in total. The molecule has 0 radical (unpaired) electrons. The first-order valence-electron chi connectivity index (χ1n) is 9.16. The van der Waals surface area contributed by atoms with Gasteiger partial charge in [-0.3, -0.25) is 9.59 Å². The van der Waals surface area contributed by atoms with Crippen LogP contribution in [0.4, 0.5) is 5.69 Å². The number of aryl methyl sites for hydroxylation is 1. The first kappa shape index (κ1) is 21.9. The first-order valence-corrected chi connectivity index (χ1v) is 9.16. The average molecular weight is 399 g/mol. The van der Waals surface area contributed by atoms with E-state index < -0.39 is 25.1 Å². The molecule has 7 heteroatoms. The number of hydrogen-bond donors (Lipinski definition) is 1. The van der Waals surface area contributed by atoms with Gasteiger partial charge in [0.1, 0.15) is 6.29 Å². The number of carbonyl (C=O) groups excluding carboxylic acids is 3. The minimum Gasteiger partial charge on any atom is -0.493 e. The van der Waals surface area contributed by atoms with Gasteiger partial charge in [0.15, 0.2) is 24.7 Å². The maximum Gasteiger partial charge on any atom is 0.344 e. The summed E-state index contributed by atoms with van der Waals surface area (Å²) < 4.78 is 15.5. The summed E-state index contributed by atoms with van der Waals surface area (Å²) in [4.78, 5) is 34.9. The van der Waals surface area contributed by atoms with E-state index in [-0.39, 0.29) is 5.92 Å². The molecule has 2 aromatic rings. The van der Waals surface area contributed by atoms with E-state index in [1.807, 2.05) is 39.0 Å². The van der Waals surface area contributed by atoms with Crippen molar-refractivity contribution in [2.75, 3.05) is 25.6 Å². The molecule has 0 aliphatic carbocycles. The number of rotatable bonds is 9. The number of anilines is 1. The topological polar surface area (TPSA) is 90.9 Å². The van der Waals surface area contributed by atoms with Crippen LogP contribution in [0.1, 0.15) is 41.3 Å². The molecule has 154 valence electrons. The van der Waals surface area contributed by atoms with Crippen molar-refractivity contribution in [3.8, 4) is 11.5 Å². The zero-order valence-electron chi connectivity index (χ0n) is 17.0. The summed E-state index contributed by atoms with van der Waals surface area (Å²) in [7, 11) is 1.43. The van der Waals surface area contributed by atoms with Crippen molar-refractivity contribution in [3.63, 3.8) is 0 Å². The highest BCUT2D eigenvalue weighted by Gasteiger charge is 2.14. The third-order valence-electron chi connectivity index (χ3n) is 4.22. The highest BCUT2D eigenvalue weighted by atomic mass is 16.6. The molecule has 0 atom stereocenters. The first-order chi connectivity index (χ1) is 13.8. The Morgan fingerprint density at radius 2 is 1.86 bits per heavy atom. The Hall–Kier alpha value is -3.35. The van der Waals surface area contributed by atoms with Crippen molar-refractivity contribution < 1.29 is 28.6 Å². The van der Waals surface area contributed by atoms with Gasteiger partial charge in [0, 0.05) is 11.3 Å². The Bertz CT molecular complexity index is 891. The van der Waals surface area contributed by atoms with Gasteiger partial charge < -0.3 is 19.5 Å². The minimum absolute atomic E-state index is 0.238. The van der Waals surface area contributed by atoms with E-state index in [2.05, 4.69) is 5.32 Å². The van der Waals surface area contributed by atoms with Crippen LogP contribution in [0.3, 0.4) is 0 Å². The SMILES string of the molecule is COc1cc(C=O)ccc1OCC(=O)OCC(=O)Nc1c(C)cccc1C(C)C. The average Bonchev–Trinajstić information content (AvgIpc) is 2.71. The number of nitrogens with one attached hydrogen (secondary N) is 1. The molecular weight excluding hydrogens is 374 g/mol. The normalized spacial score (nSPS) is 10.4. The standard InChI is InChI=1S/C22H25NO6/c1-14(2)17-7-5-6-15(3)22(17)23-20(25)12-29-21(26)13-28-18-9-8-16(11-24)10-19(18)27-4/h5-11,14H,12-13H2,1-4H3,(H,23,25). The zero-order chi connectivity index (χ0) is 21.4. The number of aldehydes is 1. The third-order valence-corrected chi connectivity index (χ3v) is 4.22. The number of ether oxygens (including phenoxy) is 3. The minimum atomic E-state index is -0.699. The van der Waals surface area contributed by atoms with Crippen LogP contribution in [0.15, 0.2) is 36.4 Å². The molecule has 0 aromatic heterocycles. The van der Waals surface area contributed by atoms with Crippen LogP contribution in [0.2, 0.25) is 0 Å².